The molecular formula is C24H20N2O4. The summed E-state index contributed by atoms with van der Waals surface area (Å²) in [5, 5.41) is 4.19. The van der Waals surface area contributed by atoms with Gasteiger partial charge in [-0.05, 0) is 42.0 Å². The Labute approximate surface area is 173 Å². The maximum Gasteiger partial charge on any atom is 0.253 e. The molecule has 0 atom stereocenters. The van der Waals surface area contributed by atoms with Crippen molar-refractivity contribution < 1.29 is 14.2 Å². The fraction of sp³-hybridized carbons (Fsp3) is 0.125. The lowest BCUT2D eigenvalue weighted by Gasteiger charge is -2.10. The van der Waals surface area contributed by atoms with Gasteiger partial charge in [-0.2, -0.15) is 0 Å². The van der Waals surface area contributed by atoms with Gasteiger partial charge in [0, 0.05) is 29.2 Å². The van der Waals surface area contributed by atoms with Gasteiger partial charge in [-0.3, -0.25) is 4.79 Å². The Kier molecular flexibility index (Phi) is 4.73. The van der Waals surface area contributed by atoms with Crippen LogP contribution in [0.5, 0.6) is 17.2 Å². The molecule has 5 rings (SSSR count). The zero-order valence-electron chi connectivity index (χ0n) is 16.2. The van der Waals surface area contributed by atoms with Crippen molar-refractivity contribution in [2.45, 2.75) is 13.2 Å². The van der Waals surface area contributed by atoms with Crippen LogP contribution >= 0.6 is 0 Å². The molecule has 6 heteroatoms. The third-order valence-electron chi connectivity index (χ3n) is 5.00. The van der Waals surface area contributed by atoms with E-state index >= 15 is 0 Å². The summed E-state index contributed by atoms with van der Waals surface area (Å²) in [5.74, 6) is 2.14. The molecule has 4 aromatic rings. The molecule has 0 saturated carbocycles. The number of aromatic nitrogens is 1. The molecule has 30 heavy (non-hydrogen) atoms. The summed E-state index contributed by atoms with van der Waals surface area (Å²) >= 11 is 0. The lowest BCUT2D eigenvalue weighted by Crippen LogP contribution is -2.15. The number of rotatable bonds is 6. The van der Waals surface area contributed by atoms with Gasteiger partial charge in [-0.15, -0.1) is 0 Å². The van der Waals surface area contributed by atoms with Crippen LogP contribution in [0.15, 0.2) is 77.6 Å². The Morgan fingerprint density at radius 3 is 2.50 bits per heavy atom. The molecule has 0 aliphatic carbocycles. The summed E-state index contributed by atoms with van der Waals surface area (Å²) in [6, 6.07) is 23.3. The number of nitrogens with one attached hydrogen (secondary N) is 2. The van der Waals surface area contributed by atoms with Gasteiger partial charge in [-0.1, -0.05) is 30.3 Å². The van der Waals surface area contributed by atoms with Crippen LogP contribution in [-0.4, -0.2) is 11.8 Å². The molecule has 150 valence electrons. The summed E-state index contributed by atoms with van der Waals surface area (Å²) in [4.78, 5) is 15.4. The molecule has 2 N–H and O–H groups in total. The van der Waals surface area contributed by atoms with Crippen molar-refractivity contribution in [3.8, 4) is 17.2 Å². The molecule has 1 aliphatic heterocycles. The second kappa shape index (κ2) is 7.83. The summed E-state index contributed by atoms with van der Waals surface area (Å²) in [6.45, 7) is 1.14. The Morgan fingerprint density at radius 2 is 1.70 bits per heavy atom. The van der Waals surface area contributed by atoms with Crippen molar-refractivity contribution in [2.75, 3.05) is 12.1 Å². The van der Waals surface area contributed by atoms with E-state index in [0.717, 1.165) is 27.9 Å². The predicted octanol–water partition coefficient (Wildman–Crippen LogP) is 4.45. The van der Waals surface area contributed by atoms with Crippen LogP contribution in [-0.2, 0) is 13.2 Å². The highest BCUT2D eigenvalue weighted by atomic mass is 16.7. The average molecular weight is 400 g/mol. The Hall–Kier alpha value is -3.93. The van der Waals surface area contributed by atoms with Gasteiger partial charge >= 0.3 is 0 Å². The van der Waals surface area contributed by atoms with Crippen LogP contribution in [0, 0.1) is 0 Å². The van der Waals surface area contributed by atoms with Crippen LogP contribution in [0.2, 0.25) is 0 Å². The molecule has 0 fully saturated rings. The van der Waals surface area contributed by atoms with E-state index in [0.29, 0.717) is 30.2 Å². The summed E-state index contributed by atoms with van der Waals surface area (Å²) in [5.41, 5.74) is 3.28. The fourth-order valence-electron chi connectivity index (χ4n) is 3.38. The zero-order chi connectivity index (χ0) is 20.3. The molecule has 1 aliphatic rings. The summed E-state index contributed by atoms with van der Waals surface area (Å²) < 4.78 is 16.6. The number of benzene rings is 3. The van der Waals surface area contributed by atoms with Gasteiger partial charge in [0.05, 0.1) is 5.52 Å². The van der Waals surface area contributed by atoms with Crippen LogP contribution < -0.4 is 25.1 Å². The molecule has 0 unspecified atom stereocenters. The first-order chi connectivity index (χ1) is 14.7. The van der Waals surface area contributed by atoms with Gasteiger partial charge in [0.15, 0.2) is 11.5 Å². The van der Waals surface area contributed by atoms with E-state index in [1.807, 2.05) is 66.7 Å². The first-order valence-corrected chi connectivity index (χ1v) is 9.71. The highest BCUT2D eigenvalue weighted by Gasteiger charge is 2.15. The van der Waals surface area contributed by atoms with Crippen molar-refractivity contribution in [2.24, 2.45) is 0 Å². The highest BCUT2D eigenvalue weighted by Crippen LogP contribution is 2.35. The minimum absolute atomic E-state index is 0.128. The second-order valence-electron chi connectivity index (χ2n) is 7.07. The number of hydrogen-bond acceptors (Lipinski definition) is 5. The minimum atomic E-state index is -0.128. The standard InChI is InChI=1S/C24H20N2O4/c27-24-18(10-17-11-22-23(30-15-29-22)12-21(17)26-24)13-25-19-6-8-20(9-7-19)28-14-16-4-2-1-3-5-16/h1-12,25H,13-15H2,(H,26,27). The van der Waals surface area contributed by atoms with Gasteiger partial charge in [0.1, 0.15) is 12.4 Å². The molecule has 0 spiro atoms. The maximum absolute atomic E-state index is 12.4. The monoisotopic (exact) mass is 400 g/mol. The number of aromatic amines is 1. The van der Waals surface area contributed by atoms with Gasteiger partial charge in [0.2, 0.25) is 6.79 Å². The lowest BCUT2D eigenvalue weighted by atomic mass is 10.1. The fourth-order valence-corrected chi connectivity index (χ4v) is 3.38. The van der Waals surface area contributed by atoms with Gasteiger partial charge in [0.25, 0.3) is 5.56 Å². The largest absolute Gasteiger partial charge is 0.489 e. The van der Waals surface area contributed by atoms with Gasteiger partial charge in [-0.25, -0.2) is 0 Å². The van der Waals surface area contributed by atoms with Crippen LogP contribution in [0.1, 0.15) is 11.1 Å². The summed E-state index contributed by atoms with van der Waals surface area (Å²) in [7, 11) is 0. The molecular weight excluding hydrogens is 380 g/mol. The Morgan fingerprint density at radius 1 is 0.933 bits per heavy atom. The number of anilines is 1. The quantitative estimate of drug-likeness (QED) is 0.500. The highest BCUT2D eigenvalue weighted by molar-refractivity contribution is 5.83. The molecule has 0 amide bonds. The normalized spacial score (nSPS) is 12.1. The van der Waals surface area contributed by atoms with Crippen molar-refractivity contribution in [1.29, 1.82) is 0 Å². The number of H-pyrrole nitrogens is 1. The van der Waals surface area contributed by atoms with E-state index in [4.69, 9.17) is 14.2 Å². The van der Waals surface area contributed by atoms with E-state index in [9.17, 15) is 4.79 Å². The molecule has 0 saturated heterocycles. The van der Waals surface area contributed by atoms with E-state index < -0.39 is 0 Å². The minimum Gasteiger partial charge on any atom is -0.489 e. The number of ether oxygens (including phenoxy) is 3. The molecule has 3 aromatic carbocycles. The van der Waals surface area contributed by atoms with Crippen molar-refractivity contribution in [1.82, 2.24) is 4.98 Å². The number of hydrogen-bond donors (Lipinski definition) is 2. The van der Waals surface area contributed by atoms with Crippen molar-refractivity contribution in [3.63, 3.8) is 0 Å². The number of pyridine rings is 1. The van der Waals surface area contributed by atoms with Crippen LogP contribution in [0.4, 0.5) is 5.69 Å². The molecule has 6 nitrogen and oxygen atoms in total. The summed E-state index contributed by atoms with van der Waals surface area (Å²) in [6.07, 6.45) is 0. The number of fused-ring (bicyclic) bond motifs is 2. The lowest BCUT2D eigenvalue weighted by molar-refractivity contribution is 0.174. The SMILES string of the molecule is O=c1[nH]c2cc3c(cc2cc1CNc1ccc(OCc2ccccc2)cc1)OCO3. The molecule has 0 radical (unpaired) electrons. The Balaban J connectivity index is 1.25. The van der Waals surface area contributed by atoms with Crippen LogP contribution in [0.25, 0.3) is 10.9 Å². The third-order valence-corrected chi connectivity index (χ3v) is 5.00. The van der Waals surface area contributed by atoms with E-state index in [2.05, 4.69) is 10.3 Å². The van der Waals surface area contributed by atoms with Gasteiger partial charge < -0.3 is 24.5 Å². The van der Waals surface area contributed by atoms with E-state index in [1.165, 1.54) is 0 Å². The first kappa shape index (κ1) is 18.1. The predicted molar refractivity (Wildman–Crippen MR) is 115 cm³/mol. The van der Waals surface area contributed by atoms with E-state index in [1.54, 1.807) is 6.07 Å². The van der Waals surface area contributed by atoms with Crippen LogP contribution in [0.3, 0.4) is 0 Å². The topological polar surface area (TPSA) is 72.6 Å². The smallest absolute Gasteiger partial charge is 0.253 e. The van der Waals surface area contributed by atoms with Crippen molar-refractivity contribution in [3.05, 3.63) is 94.3 Å². The Bertz CT molecular complexity index is 1230. The molecule has 0 bridgehead atoms. The maximum atomic E-state index is 12.4. The molecule has 2 heterocycles. The van der Waals surface area contributed by atoms with E-state index in [-0.39, 0.29) is 12.4 Å². The zero-order valence-corrected chi connectivity index (χ0v) is 16.2. The second-order valence-corrected chi connectivity index (χ2v) is 7.07. The molecule has 1 aromatic heterocycles. The average Bonchev–Trinajstić information content (AvgIpc) is 3.23. The first-order valence-electron chi connectivity index (χ1n) is 9.71. The third kappa shape index (κ3) is 3.80. The van der Waals surface area contributed by atoms with Crippen molar-refractivity contribution >= 4 is 16.6 Å².